The van der Waals surface area contributed by atoms with Crippen LogP contribution in [0.4, 0.5) is 4.39 Å². The maximum atomic E-state index is 14.2. The highest BCUT2D eigenvalue weighted by Crippen LogP contribution is 2.38. The lowest BCUT2D eigenvalue weighted by atomic mass is 9.78. The first kappa shape index (κ1) is 33.4. The number of halogens is 1. The highest BCUT2D eigenvalue weighted by molar-refractivity contribution is 6.99. The molecule has 1 unspecified atom stereocenters. The fourth-order valence-electron chi connectivity index (χ4n) is 6.37. The van der Waals surface area contributed by atoms with Crippen molar-refractivity contribution in [2.45, 2.75) is 51.1 Å². The van der Waals surface area contributed by atoms with Gasteiger partial charge in [-0.2, -0.15) is 0 Å². The molecule has 236 valence electrons. The van der Waals surface area contributed by atoms with Gasteiger partial charge in [0.1, 0.15) is 0 Å². The molecular formula is C39H42BFO4Si. The van der Waals surface area contributed by atoms with E-state index < -0.39 is 27.4 Å². The number of allylic oxidation sites excluding steroid dienone is 2. The van der Waals surface area contributed by atoms with Crippen molar-refractivity contribution >= 4 is 37.5 Å². The van der Waals surface area contributed by atoms with Crippen molar-refractivity contribution in [1.82, 2.24) is 0 Å². The SMILES string of the molecule is C=C(CO[Si](c1ccccc1)(c1ccccc1)C(C)(C)C)C1=CCB(O)OC1CC/C(=C/c1ccc(O)c(F)c1)c1ccccc1. The molecule has 0 bridgehead atoms. The Labute approximate surface area is 273 Å². The van der Waals surface area contributed by atoms with Gasteiger partial charge in [-0.15, -0.1) is 0 Å². The van der Waals surface area contributed by atoms with E-state index in [1.54, 1.807) is 6.07 Å². The Bertz CT molecular complexity index is 1640. The fraction of sp³-hybridized carbons (Fsp3) is 0.231. The summed E-state index contributed by atoms with van der Waals surface area (Å²) in [5, 5.41) is 22.4. The first-order valence-electron chi connectivity index (χ1n) is 15.8. The van der Waals surface area contributed by atoms with Crippen LogP contribution in [0, 0.1) is 5.82 Å². The van der Waals surface area contributed by atoms with E-state index in [1.165, 1.54) is 22.5 Å². The molecule has 5 rings (SSSR count). The van der Waals surface area contributed by atoms with Crippen LogP contribution in [0.3, 0.4) is 0 Å². The maximum absolute atomic E-state index is 14.2. The quantitative estimate of drug-likeness (QED) is 0.131. The van der Waals surface area contributed by atoms with Crippen molar-refractivity contribution in [3.63, 3.8) is 0 Å². The molecule has 0 spiro atoms. The van der Waals surface area contributed by atoms with Gasteiger partial charge in [-0.25, -0.2) is 4.39 Å². The van der Waals surface area contributed by atoms with Crippen LogP contribution in [0.2, 0.25) is 11.4 Å². The Balaban J connectivity index is 1.41. The van der Waals surface area contributed by atoms with Crippen molar-refractivity contribution < 1.29 is 23.6 Å². The number of benzene rings is 4. The van der Waals surface area contributed by atoms with Gasteiger partial charge in [0.05, 0.1) is 12.7 Å². The van der Waals surface area contributed by atoms with Crippen LogP contribution in [-0.2, 0) is 9.08 Å². The van der Waals surface area contributed by atoms with Crippen molar-refractivity contribution in [2.75, 3.05) is 6.61 Å². The lowest BCUT2D eigenvalue weighted by Gasteiger charge is -2.43. The summed E-state index contributed by atoms with van der Waals surface area (Å²) in [6.45, 7) is 11.6. The van der Waals surface area contributed by atoms with Gasteiger partial charge in [-0.05, 0) is 68.2 Å². The lowest BCUT2D eigenvalue weighted by molar-refractivity contribution is 0.182. The summed E-state index contributed by atoms with van der Waals surface area (Å²) in [6.07, 6.45) is 5.10. The minimum Gasteiger partial charge on any atom is -0.505 e. The molecule has 7 heteroatoms. The van der Waals surface area contributed by atoms with Gasteiger partial charge in [0.15, 0.2) is 11.6 Å². The van der Waals surface area contributed by atoms with Gasteiger partial charge in [-0.3, -0.25) is 0 Å². The summed E-state index contributed by atoms with van der Waals surface area (Å²) in [5.41, 5.74) is 4.41. The zero-order chi connectivity index (χ0) is 32.7. The van der Waals surface area contributed by atoms with Crippen LogP contribution in [-0.4, -0.2) is 38.3 Å². The lowest BCUT2D eigenvalue weighted by Crippen LogP contribution is -2.66. The third-order valence-electron chi connectivity index (χ3n) is 8.63. The number of rotatable bonds is 11. The third-order valence-corrected chi connectivity index (χ3v) is 13.6. The van der Waals surface area contributed by atoms with Gasteiger partial charge in [0.25, 0.3) is 8.32 Å². The normalized spacial score (nSPS) is 15.8. The molecular weight excluding hydrogens is 590 g/mol. The van der Waals surface area contributed by atoms with Gasteiger partial charge in [0.2, 0.25) is 0 Å². The van der Waals surface area contributed by atoms with E-state index in [9.17, 15) is 14.5 Å². The zero-order valence-electron chi connectivity index (χ0n) is 26.8. The third kappa shape index (κ3) is 7.51. The highest BCUT2D eigenvalue weighted by atomic mass is 28.4. The van der Waals surface area contributed by atoms with E-state index in [0.717, 1.165) is 22.3 Å². The zero-order valence-corrected chi connectivity index (χ0v) is 27.8. The Morgan fingerprint density at radius 3 is 2.11 bits per heavy atom. The topological polar surface area (TPSA) is 58.9 Å². The Morgan fingerprint density at radius 2 is 1.54 bits per heavy atom. The fourth-order valence-corrected chi connectivity index (χ4v) is 10.9. The van der Waals surface area contributed by atoms with E-state index in [-0.39, 0.29) is 10.8 Å². The Morgan fingerprint density at radius 1 is 0.957 bits per heavy atom. The molecule has 4 nitrogen and oxygen atoms in total. The maximum Gasteiger partial charge on any atom is 0.458 e. The van der Waals surface area contributed by atoms with Crippen molar-refractivity contribution in [1.29, 1.82) is 0 Å². The largest absolute Gasteiger partial charge is 0.505 e. The highest BCUT2D eigenvalue weighted by Gasteiger charge is 2.50. The number of aromatic hydroxyl groups is 1. The van der Waals surface area contributed by atoms with Crippen LogP contribution in [0.1, 0.15) is 44.7 Å². The monoisotopic (exact) mass is 632 g/mol. The minimum atomic E-state index is -2.78. The van der Waals surface area contributed by atoms with Gasteiger partial charge < -0.3 is 19.2 Å². The van der Waals surface area contributed by atoms with E-state index >= 15 is 0 Å². The second kappa shape index (κ2) is 14.6. The van der Waals surface area contributed by atoms with Gasteiger partial charge >= 0.3 is 7.12 Å². The first-order chi connectivity index (χ1) is 22.1. The van der Waals surface area contributed by atoms with Crippen molar-refractivity contribution in [2.24, 2.45) is 0 Å². The van der Waals surface area contributed by atoms with E-state index in [4.69, 9.17) is 9.08 Å². The van der Waals surface area contributed by atoms with Crippen LogP contribution in [0.25, 0.3) is 11.6 Å². The average molecular weight is 633 g/mol. The molecule has 0 aromatic heterocycles. The molecule has 0 saturated heterocycles. The molecule has 1 aliphatic rings. The predicted octanol–water partition coefficient (Wildman–Crippen LogP) is 7.79. The second-order valence-corrected chi connectivity index (χ2v) is 17.1. The number of hydrogen-bond acceptors (Lipinski definition) is 4. The molecule has 2 N–H and O–H groups in total. The number of phenolic OH excluding ortho intramolecular Hbond substituents is 1. The average Bonchev–Trinajstić information content (AvgIpc) is 3.05. The predicted molar refractivity (Wildman–Crippen MR) is 190 cm³/mol. The molecule has 0 amide bonds. The summed E-state index contributed by atoms with van der Waals surface area (Å²) in [6, 6.07) is 35.4. The van der Waals surface area contributed by atoms with E-state index in [1.807, 2.05) is 54.6 Å². The molecule has 0 saturated carbocycles. The van der Waals surface area contributed by atoms with Crippen LogP contribution < -0.4 is 10.4 Å². The summed E-state index contributed by atoms with van der Waals surface area (Å²) < 4.78 is 27.5. The van der Waals surface area contributed by atoms with Gasteiger partial charge in [0, 0.05) is 6.32 Å². The van der Waals surface area contributed by atoms with Crippen molar-refractivity contribution in [3.8, 4) is 5.75 Å². The molecule has 1 aliphatic heterocycles. The molecule has 0 aliphatic carbocycles. The standard InChI is InChI=1S/C39H42BFO4Si/c1-29(28-44-46(39(2,3)4,33-16-10-6-11-17-33)34-18-12-7-13-19-34)35-24-25-40(43)45-38(35)23-21-32(31-14-8-5-9-15-31)26-30-20-22-37(42)36(41)27-30/h5-20,22,24,26-27,38,42-43H,1,21,23,25,28H2,2-4H3/b32-26-. The first-order valence-corrected chi connectivity index (χ1v) is 17.7. The molecule has 4 aromatic rings. The minimum absolute atomic E-state index is 0.174. The number of hydrogen-bond donors (Lipinski definition) is 2. The molecule has 46 heavy (non-hydrogen) atoms. The van der Waals surface area contributed by atoms with Crippen LogP contribution in [0.5, 0.6) is 5.75 Å². The van der Waals surface area contributed by atoms with Crippen molar-refractivity contribution in [3.05, 3.63) is 150 Å². The summed E-state index contributed by atoms with van der Waals surface area (Å²) >= 11 is 0. The summed E-state index contributed by atoms with van der Waals surface area (Å²) in [5.74, 6) is -1.04. The van der Waals surface area contributed by atoms with Crippen LogP contribution >= 0.6 is 0 Å². The molecule has 1 heterocycles. The Kier molecular flexibility index (Phi) is 10.6. The number of phenols is 1. The smallest absolute Gasteiger partial charge is 0.458 e. The van der Waals surface area contributed by atoms with E-state index in [2.05, 4.69) is 75.9 Å². The van der Waals surface area contributed by atoms with Crippen LogP contribution in [0.15, 0.2) is 133 Å². The molecule has 0 radical (unpaired) electrons. The van der Waals surface area contributed by atoms with E-state index in [0.29, 0.717) is 31.3 Å². The summed E-state index contributed by atoms with van der Waals surface area (Å²) in [4.78, 5) is 0. The second-order valence-electron chi connectivity index (χ2n) is 12.8. The molecule has 1 atom stereocenters. The molecule has 0 fully saturated rings. The summed E-state index contributed by atoms with van der Waals surface area (Å²) in [7, 11) is -3.69. The Hall–Kier alpha value is -4.01. The van der Waals surface area contributed by atoms with Gasteiger partial charge in [-0.1, -0.05) is 137 Å². The molecule has 4 aromatic carbocycles.